The Labute approximate surface area is 288 Å². The van der Waals surface area contributed by atoms with Gasteiger partial charge in [-0.3, -0.25) is 0 Å². The summed E-state index contributed by atoms with van der Waals surface area (Å²) in [5.74, 6) is 1.89. The molecule has 0 bridgehead atoms. The molecule has 3 heterocycles. The third-order valence-corrected chi connectivity index (χ3v) is 9.61. The Balaban J connectivity index is 1.21. The molecule has 0 spiro atoms. The first-order chi connectivity index (χ1) is 24.8. The molecule has 234 valence electrons. The van der Waals surface area contributed by atoms with Gasteiger partial charge in [-0.2, -0.15) is 0 Å². The van der Waals surface area contributed by atoms with Crippen molar-refractivity contribution in [3.63, 3.8) is 0 Å². The highest BCUT2D eigenvalue weighted by Crippen LogP contribution is 2.40. The maximum Gasteiger partial charge on any atom is 0.166 e. The Kier molecular flexibility index (Phi) is 6.42. The second-order valence-corrected chi connectivity index (χ2v) is 12.5. The highest BCUT2D eigenvalue weighted by Gasteiger charge is 2.20. The molecule has 0 unspecified atom stereocenters. The first-order valence-electron chi connectivity index (χ1n) is 16.8. The standard InChI is InChI=1S/C45H29N5/c1-4-13-29(14-5-1)30-23-25-32(26-24-30)44-47-43(31-15-6-2-7-16-31)48-45(49-44)38-21-12-20-35-36-27-28-37-34-19-10-11-22-39(34)50(33-17-8-3-9-18-33)42(37)41(36)46-40(35)38/h1-28,46H. The summed E-state index contributed by atoms with van der Waals surface area (Å²) in [6.07, 6.45) is 0. The topological polar surface area (TPSA) is 59.4 Å². The van der Waals surface area contributed by atoms with E-state index in [0.717, 1.165) is 55.3 Å². The molecule has 0 aliphatic carbocycles. The van der Waals surface area contributed by atoms with Crippen molar-refractivity contribution in [1.29, 1.82) is 0 Å². The van der Waals surface area contributed by atoms with Gasteiger partial charge in [0, 0.05) is 43.9 Å². The number of rotatable bonds is 5. The lowest BCUT2D eigenvalue weighted by Gasteiger charge is -2.10. The van der Waals surface area contributed by atoms with Crippen LogP contribution in [-0.2, 0) is 0 Å². The Hall–Kier alpha value is -6.85. The molecule has 0 atom stereocenters. The van der Waals surface area contributed by atoms with Gasteiger partial charge in [-0.15, -0.1) is 0 Å². The van der Waals surface area contributed by atoms with Gasteiger partial charge >= 0.3 is 0 Å². The molecule has 0 radical (unpaired) electrons. The van der Waals surface area contributed by atoms with Crippen molar-refractivity contribution in [1.82, 2.24) is 24.5 Å². The van der Waals surface area contributed by atoms with E-state index >= 15 is 0 Å². The molecule has 5 nitrogen and oxygen atoms in total. The SMILES string of the molecule is c1ccc(-c2ccc(-c3nc(-c4ccccc4)nc(-c4cccc5c4[nH]c4c5ccc5c6ccccc6n(-c6ccccc6)c54)n3)cc2)cc1. The molecule has 0 aliphatic heterocycles. The summed E-state index contributed by atoms with van der Waals surface area (Å²) in [7, 11) is 0. The third-order valence-electron chi connectivity index (χ3n) is 9.61. The molecule has 3 aromatic heterocycles. The predicted octanol–water partition coefficient (Wildman–Crippen LogP) is 11.3. The maximum atomic E-state index is 5.14. The Morgan fingerprint density at radius 1 is 0.360 bits per heavy atom. The minimum atomic E-state index is 0.623. The van der Waals surface area contributed by atoms with E-state index in [2.05, 4.69) is 143 Å². The number of hydrogen-bond donors (Lipinski definition) is 1. The van der Waals surface area contributed by atoms with Crippen LogP contribution in [0.25, 0.3) is 94.6 Å². The minimum Gasteiger partial charge on any atom is -0.352 e. The van der Waals surface area contributed by atoms with Gasteiger partial charge in [0.1, 0.15) is 0 Å². The second kappa shape index (κ2) is 11.4. The number of fused-ring (bicyclic) bond motifs is 7. The van der Waals surface area contributed by atoms with Crippen LogP contribution >= 0.6 is 0 Å². The maximum absolute atomic E-state index is 5.14. The van der Waals surface area contributed by atoms with E-state index in [0.29, 0.717) is 17.5 Å². The normalized spacial score (nSPS) is 11.6. The first-order valence-corrected chi connectivity index (χ1v) is 16.8. The van der Waals surface area contributed by atoms with Gasteiger partial charge in [0.15, 0.2) is 17.5 Å². The number of aromatic nitrogens is 5. The highest BCUT2D eigenvalue weighted by atomic mass is 15.0. The van der Waals surface area contributed by atoms with E-state index in [1.807, 2.05) is 36.4 Å². The van der Waals surface area contributed by atoms with Crippen molar-refractivity contribution < 1.29 is 0 Å². The summed E-state index contributed by atoms with van der Waals surface area (Å²) >= 11 is 0. The van der Waals surface area contributed by atoms with Crippen LogP contribution in [0.5, 0.6) is 0 Å². The minimum absolute atomic E-state index is 0.623. The van der Waals surface area contributed by atoms with E-state index in [1.54, 1.807) is 0 Å². The van der Waals surface area contributed by atoms with E-state index in [9.17, 15) is 0 Å². The summed E-state index contributed by atoms with van der Waals surface area (Å²) < 4.78 is 2.37. The van der Waals surface area contributed by atoms with Crippen LogP contribution in [0.4, 0.5) is 0 Å². The predicted molar refractivity (Wildman–Crippen MR) is 205 cm³/mol. The van der Waals surface area contributed by atoms with Crippen LogP contribution in [0.2, 0.25) is 0 Å². The van der Waals surface area contributed by atoms with Gasteiger partial charge in [-0.05, 0) is 35.4 Å². The van der Waals surface area contributed by atoms with Crippen molar-refractivity contribution in [2.45, 2.75) is 0 Å². The van der Waals surface area contributed by atoms with Crippen molar-refractivity contribution in [3.05, 3.63) is 170 Å². The molecule has 0 fully saturated rings. The van der Waals surface area contributed by atoms with Crippen LogP contribution < -0.4 is 0 Å². The zero-order valence-electron chi connectivity index (χ0n) is 27.0. The van der Waals surface area contributed by atoms with Crippen molar-refractivity contribution in [2.24, 2.45) is 0 Å². The van der Waals surface area contributed by atoms with Gasteiger partial charge < -0.3 is 9.55 Å². The molecule has 0 amide bonds. The molecular formula is C45H29N5. The Morgan fingerprint density at radius 3 is 1.62 bits per heavy atom. The van der Waals surface area contributed by atoms with E-state index in [4.69, 9.17) is 15.0 Å². The van der Waals surface area contributed by atoms with Crippen molar-refractivity contribution >= 4 is 43.6 Å². The van der Waals surface area contributed by atoms with Crippen molar-refractivity contribution in [3.8, 4) is 51.0 Å². The van der Waals surface area contributed by atoms with Gasteiger partial charge in [0.2, 0.25) is 0 Å². The van der Waals surface area contributed by atoms with Gasteiger partial charge in [0.25, 0.3) is 0 Å². The number of nitrogens with one attached hydrogen (secondary N) is 1. The zero-order valence-corrected chi connectivity index (χ0v) is 27.0. The number of para-hydroxylation sites is 3. The summed E-state index contributed by atoms with van der Waals surface area (Å²) in [6, 6.07) is 59.1. The lowest BCUT2D eigenvalue weighted by Crippen LogP contribution is -2.00. The fourth-order valence-corrected chi connectivity index (χ4v) is 7.26. The summed E-state index contributed by atoms with van der Waals surface area (Å²) in [5.41, 5.74) is 10.6. The number of aromatic amines is 1. The van der Waals surface area contributed by atoms with E-state index < -0.39 is 0 Å². The van der Waals surface area contributed by atoms with Gasteiger partial charge in [0.05, 0.1) is 22.1 Å². The van der Waals surface area contributed by atoms with Gasteiger partial charge in [-0.25, -0.2) is 15.0 Å². The molecule has 0 aliphatic rings. The monoisotopic (exact) mass is 639 g/mol. The quantitative estimate of drug-likeness (QED) is 0.204. The van der Waals surface area contributed by atoms with Crippen molar-refractivity contribution in [2.75, 3.05) is 0 Å². The molecule has 0 saturated carbocycles. The summed E-state index contributed by atoms with van der Waals surface area (Å²) in [6.45, 7) is 0. The van der Waals surface area contributed by atoms with Crippen LogP contribution in [0, 0.1) is 0 Å². The molecule has 0 saturated heterocycles. The molecule has 1 N–H and O–H groups in total. The molecule has 7 aromatic carbocycles. The molecule has 5 heteroatoms. The van der Waals surface area contributed by atoms with E-state index in [1.165, 1.54) is 21.9 Å². The fourth-order valence-electron chi connectivity index (χ4n) is 7.26. The fraction of sp³-hybridized carbons (Fsp3) is 0. The van der Waals surface area contributed by atoms with Crippen LogP contribution in [0.1, 0.15) is 0 Å². The van der Waals surface area contributed by atoms with Crippen LogP contribution in [-0.4, -0.2) is 24.5 Å². The van der Waals surface area contributed by atoms with E-state index in [-0.39, 0.29) is 0 Å². The first kappa shape index (κ1) is 28.2. The zero-order chi connectivity index (χ0) is 33.0. The molecular weight excluding hydrogens is 611 g/mol. The third kappa shape index (κ3) is 4.52. The lowest BCUT2D eigenvalue weighted by atomic mass is 10.0. The largest absolute Gasteiger partial charge is 0.352 e. The van der Waals surface area contributed by atoms with Crippen LogP contribution in [0.15, 0.2) is 170 Å². The molecule has 50 heavy (non-hydrogen) atoms. The number of nitrogens with zero attached hydrogens (tertiary/aromatic N) is 4. The smallest absolute Gasteiger partial charge is 0.166 e. The van der Waals surface area contributed by atoms with Crippen LogP contribution in [0.3, 0.4) is 0 Å². The number of benzene rings is 7. The summed E-state index contributed by atoms with van der Waals surface area (Å²) in [4.78, 5) is 19.1. The molecule has 10 rings (SSSR count). The Morgan fingerprint density at radius 2 is 0.880 bits per heavy atom. The lowest BCUT2D eigenvalue weighted by molar-refractivity contribution is 1.08. The average molecular weight is 640 g/mol. The second-order valence-electron chi connectivity index (χ2n) is 12.5. The average Bonchev–Trinajstić information content (AvgIpc) is 3.75. The highest BCUT2D eigenvalue weighted by molar-refractivity contribution is 6.23. The number of hydrogen-bond acceptors (Lipinski definition) is 3. The van der Waals surface area contributed by atoms with Gasteiger partial charge in [-0.1, -0.05) is 146 Å². The summed E-state index contributed by atoms with van der Waals surface area (Å²) in [5, 5.41) is 4.71. The molecule has 10 aromatic rings. The Bertz CT molecular complexity index is 2840. The number of H-pyrrole nitrogens is 1.